The third kappa shape index (κ3) is 9.56. The molecular formula is C12H28N2O6. The molecule has 0 saturated heterocycles. The smallest absolute Gasteiger partial charge is 0.0897 e. The summed E-state index contributed by atoms with van der Waals surface area (Å²) in [5, 5.41) is 54.6. The maximum atomic E-state index is 9.44. The van der Waals surface area contributed by atoms with Crippen molar-refractivity contribution in [2.24, 2.45) is 0 Å². The molecule has 0 aliphatic carbocycles. The Bertz CT molecular complexity index is 222. The molecule has 6 N–H and O–H groups in total. The minimum Gasteiger partial charge on any atom is -0.394 e. The Labute approximate surface area is 119 Å². The number of aliphatic hydroxyl groups is 6. The molecule has 8 heteroatoms. The standard InChI is InChI=1S/C12H28N2O6/c1-13(4-10(18)7-15)2-3-14(5-11(19)8-16)6-12(20)9-17/h10-12,15-20H,2-9H2,1H3. The molecule has 0 aliphatic heterocycles. The molecule has 0 amide bonds. The molecule has 8 nitrogen and oxygen atoms in total. The van der Waals surface area contributed by atoms with Crippen LogP contribution in [0.1, 0.15) is 0 Å². The van der Waals surface area contributed by atoms with E-state index in [1.807, 2.05) is 4.90 Å². The molecule has 3 atom stereocenters. The van der Waals surface area contributed by atoms with Gasteiger partial charge in [0.05, 0.1) is 38.1 Å². The first-order valence-electron chi connectivity index (χ1n) is 6.70. The Morgan fingerprint density at radius 3 is 1.50 bits per heavy atom. The summed E-state index contributed by atoms with van der Waals surface area (Å²) in [5.74, 6) is 0. The molecule has 0 radical (unpaired) electrons. The summed E-state index contributed by atoms with van der Waals surface area (Å²) in [5.41, 5.74) is 0. The number of likely N-dealkylation sites (N-methyl/N-ethyl adjacent to an activating group) is 1. The van der Waals surface area contributed by atoms with Crippen LogP contribution in [-0.2, 0) is 0 Å². The van der Waals surface area contributed by atoms with Gasteiger partial charge in [-0.15, -0.1) is 0 Å². The van der Waals surface area contributed by atoms with Gasteiger partial charge < -0.3 is 35.5 Å². The van der Waals surface area contributed by atoms with E-state index in [0.717, 1.165) is 0 Å². The molecule has 0 spiro atoms. The van der Waals surface area contributed by atoms with Crippen LogP contribution in [0.4, 0.5) is 0 Å². The third-order valence-electron chi connectivity index (χ3n) is 2.89. The van der Waals surface area contributed by atoms with Crippen molar-refractivity contribution in [3.05, 3.63) is 0 Å². The molecule has 3 unspecified atom stereocenters. The first-order valence-corrected chi connectivity index (χ1v) is 6.70. The van der Waals surface area contributed by atoms with Crippen LogP contribution in [0.2, 0.25) is 0 Å². The lowest BCUT2D eigenvalue weighted by Crippen LogP contribution is -2.44. The van der Waals surface area contributed by atoms with Gasteiger partial charge in [-0.3, -0.25) is 4.90 Å². The normalized spacial score (nSPS) is 16.6. The summed E-state index contributed by atoms with van der Waals surface area (Å²) >= 11 is 0. The van der Waals surface area contributed by atoms with Crippen LogP contribution in [0.3, 0.4) is 0 Å². The first-order chi connectivity index (χ1) is 9.42. The molecule has 122 valence electrons. The Morgan fingerprint density at radius 1 is 0.700 bits per heavy atom. The third-order valence-corrected chi connectivity index (χ3v) is 2.89. The molecule has 0 aliphatic rings. The number of nitrogens with zero attached hydrogens (tertiary/aromatic N) is 2. The highest BCUT2D eigenvalue weighted by Gasteiger charge is 2.16. The van der Waals surface area contributed by atoms with Crippen molar-refractivity contribution in [1.82, 2.24) is 9.80 Å². The molecule has 0 bridgehead atoms. The van der Waals surface area contributed by atoms with Crippen LogP contribution >= 0.6 is 0 Å². The zero-order valence-electron chi connectivity index (χ0n) is 12.0. The predicted octanol–water partition coefficient (Wildman–Crippen LogP) is -3.72. The lowest BCUT2D eigenvalue weighted by atomic mass is 10.2. The molecule has 0 aromatic rings. The highest BCUT2D eigenvalue weighted by molar-refractivity contribution is 4.70. The SMILES string of the molecule is CN(CCN(CC(O)CO)CC(O)CO)CC(O)CO. The summed E-state index contributed by atoms with van der Waals surface area (Å²) in [6, 6.07) is 0. The van der Waals surface area contributed by atoms with Gasteiger partial charge in [0.25, 0.3) is 0 Å². The average molecular weight is 296 g/mol. The number of rotatable bonds is 12. The van der Waals surface area contributed by atoms with Crippen molar-refractivity contribution in [1.29, 1.82) is 0 Å². The lowest BCUT2D eigenvalue weighted by Gasteiger charge is -2.28. The number of aliphatic hydroxyl groups excluding tert-OH is 6. The van der Waals surface area contributed by atoms with E-state index >= 15 is 0 Å². The van der Waals surface area contributed by atoms with Crippen LogP contribution < -0.4 is 0 Å². The summed E-state index contributed by atoms with van der Waals surface area (Å²) < 4.78 is 0. The van der Waals surface area contributed by atoms with E-state index in [-0.39, 0.29) is 32.9 Å². The van der Waals surface area contributed by atoms with Gasteiger partial charge in [-0.1, -0.05) is 0 Å². The van der Waals surface area contributed by atoms with Crippen LogP contribution in [0.25, 0.3) is 0 Å². The Balaban J connectivity index is 4.19. The van der Waals surface area contributed by atoms with Crippen molar-refractivity contribution >= 4 is 0 Å². The van der Waals surface area contributed by atoms with E-state index in [1.54, 1.807) is 11.9 Å². The zero-order valence-corrected chi connectivity index (χ0v) is 12.0. The summed E-state index contributed by atoms with van der Waals surface area (Å²) in [4.78, 5) is 3.54. The highest BCUT2D eigenvalue weighted by atomic mass is 16.3. The van der Waals surface area contributed by atoms with E-state index < -0.39 is 18.3 Å². The van der Waals surface area contributed by atoms with Crippen LogP contribution in [0.15, 0.2) is 0 Å². The second-order valence-electron chi connectivity index (χ2n) is 5.03. The van der Waals surface area contributed by atoms with Crippen molar-refractivity contribution < 1.29 is 30.6 Å². The van der Waals surface area contributed by atoms with Crippen molar-refractivity contribution in [2.45, 2.75) is 18.3 Å². The Kier molecular flexibility index (Phi) is 11.2. The monoisotopic (exact) mass is 296 g/mol. The second-order valence-corrected chi connectivity index (χ2v) is 5.03. The van der Waals surface area contributed by atoms with Crippen molar-refractivity contribution in [2.75, 3.05) is 59.6 Å². The zero-order chi connectivity index (χ0) is 15.5. The Hall–Kier alpha value is -0.320. The lowest BCUT2D eigenvalue weighted by molar-refractivity contribution is 0.0176. The maximum Gasteiger partial charge on any atom is 0.0897 e. The topological polar surface area (TPSA) is 128 Å². The van der Waals surface area contributed by atoms with Gasteiger partial charge in [-0.05, 0) is 7.05 Å². The number of hydrogen-bond acceptors (Lipinski definition) is 8. The molecule has 0 fully saturated rings. The summed E-state index contributed by atoms with van der Waals surface area (Å²) in [6.45, 7) is 0.676. The van der Waals surface area contributed by atoms with E-state index in [2.05, 4.69) is 0 Å². The second kappa shape index (κ2) is 11.4. The summed E-state index contributed by atoms with van der Waals surface area (Å²) in [6.07, 6.45) is -2.62. The van der Waals surface area contributed by atoms with Gasteiger partial charge >= 0.3 is 0 Å². The van der Waals surface area contributed by atoms with Gasteiger partial charge in [0.1, 0.15) is 0 Å². The minimum atomic E-state index is -0.908. The van der Waals surface area contributed by atoms with Crippen LogP contribution in [-0.4, -0.2) is 118 Å². The molecule has 0 rings (SSSR count). The fraction of sp³-hybridized carbons (Fsp3) is 1.00. The Morgan fingerprint density at radius 2 is 1.10 bits per heavy atom. The van der Waals surface area contributed by atoms with Gasteiger partial charge in [0.2, 0.25) is 0 Å². The minimum absolute atomic E-state index is 0.184. The fourth-order valence-electron chi connectivity index (χ4n) is 1.79. The van der Waals surface area contributed by atoms with Gasteiger partial charge in [-0.25, -0.2) is 0 Å². The fourth-order valence-corrected chi connectivity index (χ4v) is 1.79. The van der Waals surface area contributed by atoms with Gasteiger partial charge in [-0.2, -0.15) is 0 Å². The van der Waals surface area contributed by atoms with Gasteiger partial charge in [0, 0.05) is 32.7 Å². The van der Waals surface area contributed by atoms with Gasteiger partial charge in [0.15, 0.2) is 0 Å². The predicted molar refractivity (Wildman–Crippen MR) is 73.2 cm³/mol. The molecule has 20 heavy (non-hydrogen) atoms. The first kappa shape index (κ1) is 19.7. The quantitative estimate of drug-likeness (QED) is 0.217. The largest absolute Gasteiger partial charge is 0.394 e. The van der Waals surface area contributed by atoms with E-state index in [1.165, 1.54) is 0 Å². The highest BCUT2D eigenvalue weighted by Crippen LogP contribution is 1.98. The van der Waals surface area contributed by atoms with Crippen LogP contribution in [0.5, 0.6) is 0 Å². The molecule has 0 heterocycles. The number of hydrogen-bond donors (Lipinski definition) is 6. The van der Waals surface area contributed by atoms with E-state index in [9.17, 15) is 15.3 Å². The maximum absolute atomic E-state index is 9.44. The summed E-state index contributed by atoms with van der Waals surface area (Å²) in [7, 11) is 1.78. The molecule has 0 aromatic carbocycles. The molecule has 0 aromatic heterocycles. The molecule has 0 saturated carbocycles. The van der Waals surface area contributed by atoms with E-state index in [4.69, 9.17) is 15.3 Å². The van der Waals surface area contributed by atoms with E-state index in [0.29, 0.717) is 19.6 Å². The van der Waals surface area contributed by atoms with Crippen molar-refractivity contribution in [3.8, 4) is 0 Å². The van der Waals surface area contributed by atoms with Crippen LogP contribution in [0, 0.1) is 0 Å². The van der Waals surface area contributed by atoms with Crippen molar-refractivity contribution in [3.63, 3.8) is 0 Å². The average Bonchev–Trinajstić information content (AvgIpc) is 2.43. The molecular weight excluding hydrogens is 268 g/mol.